The highest BCUT2D eigenvalue weighted by molar-refractivity contribution is 6.34. The summed E-state index contributed by atoms with van der Waals surface area (Å²) in [6, 6.07) is 4.78. The van der Waals surface area contributed by atoms with E-state index < -0.39 is 5.97 Å². The maximum absolute atomic E-state index is 11.8. The lowest BCUT2D eigenvalue weighted by Gasteiger charge is -2.16. The highest BCUT2D eigenvalue weighted by Crippen LogP contribution is 2.29. The summed E-state index contributed by atoms with van der Waals surface area (Å²) >= 11 is 6.02. The van der Waals surface area contributed by atoms with E-state index in [9.17, 15) is 9.59 Å². The van der Waals surface area contributed by atoms with Crippen LogP contribution in [0.15, 0.2) is 18.2 Å². The first-order valence-electron chi connectivity index (χ1n) is 5.71. The van der Waals surface area contributed by atoms with Crippen LogP contribution in [0.25, 0.3) is 0 Å². The van der Waals surface area contributed by atoms with E-state index in [0.29, 0.717) is 18.7 Å². The van der Waals surface area contributed by atoms with Crippen LogP contribution in [0, 0.1) is 18.3 Å². The van der Waals surface area contributed by atoms with Crippen molar-refractivity contribution in [2.24, 2.45) is 5.92 Å². The number of hydrogen-bond donors (Lipinski definition) is 0. The molecule has 0 bridgehead atoms. The largest absolute Gasteiger partial charge is 0.465 e. The van der Waals surface area contributed by atoms with Crippen molar-refractivity contribution >= 4 is 29.2 Å². The number of rotatable bonds is 2. The molecule has 0 radical (unpaired) electrons. The first-order chi connectivity index (χ1) is 9.06. The highest BCUT2D eigenvalue weighted by Gasteiger charge is 2.29. The molecule has 1 atom stereocenters. The summed E-state index contributed by atoms with van der Waals surface area (Å²) in [7, 11) is 1.29. The molecular weight excluding hydrogens is 266 g/mol. The fourth-order valence-corrected chi connectivity index (χ4v) is 2.27. The predicted molar refractivity (Wildman–Crippen MR) is 72.1 cm³/mol. The molecule has 1 unspecified atom stereocenters. The zero-order valence-corrected chi connectivity index (χ0v) is 11.1. The minimum atomic E-state index is -0.509. The Hall–Kier alpha value is -1.99. The van der Waals surface area contributed by atoms with Crippen molar-refractivity contribution in [3.8, 4) is 12.3 Å². The number of amides is 1. The smallest absolute Gasteiger partial charge is 0.339 e. The number of hydrogen-bond acceptors (Lipinski definition) is 3. The Balaban J connectivity index is 2.28. The Bertz CT molecular complexity index is 577. The second-order valence-electron chi connectivity index (χ2n) is 4.23. The Kier molecular flexibility index (Phi) is 3.77. The minimum absolute atomic E-state index is 0.0372. The average Bonchev–Trinajstić information content (AvgIpc) is 2.79. The summed E-state index contributed by atoms with van der Waals surface area (Å²) in [4.78, 5) is 24.8. The molecule has 0 spiro atoms. The zero-order valence-electron chi connectivity index (χ0n) is 10.4. The number of carbonyl (C=O) groups excluding carboxylic acids is 2. The molecule has 1 fully saturated rings. The molecule has 0 N–H and O–H groups in total. The molecule has 0 aliphatic carbocycles. The molecule has 1 heterocycles. The Morgan fingerprint density at radius 3 is 2.84 bits per heavy atom. The Morgan fingerprint density at radius 1 is 1.58 bits per heavy atom. The lowest BCUT2D eigenvalue weighted by Crippen LogP contribution is -2.24. The molecule has 1 amide bonds. The minimum Gasteiger partial charge on any atom is -0.465 e. The standard InChI is InChI=1S/C14H12ClNO3/c1-3-9-6-13(17)16(8-9)10-4-5-11(12(15)7-10)14(18)19-2/h1,4-5,7,9H,6,8H2,2H3. The lowest BCUT2D eigenvalue weighted by molar-refractivity contribution is -0.117. The van der Waals surface area contributed by atoms with E-state index >= 15 is 0 Å². The SMILES string of the molecule is C#CC1CC(=O)N(c2ccc(C(=O)OC)c(Cl)c2)C1. The van der Waals surface area contributed by atoms with Crippen LogP contribution in [-0.4, -0.2) is 25.5 Å². The molecule has 5 heteroatoms. The molecule has 0 aromatic heterocycles. The second kappa shape index (κ2) is 5.33. The Morgan fingerprint density at radius 2 is 2.32 bits per heavy atom. The van der Waals surface area contributed by atoms with E-state index in [1.165, 1.54) is 7.11 Å². The van der Waals surface area contributed by atoms with Crippen LogP contribution >= 0.6 is 11.6 Å². The third kappa shape index (κ3) is 2.56. The van der Waals surface area contributed by atoms with Crippen molar-refractivity contribution in [1.82, 2.24) is 0 Å². The van der Waals surface area contributed by atoms with Gasteiger partial charge in [-0.15, -0.1) is 12.3 Å². The predicted octanol–water partition coefficient (Wildman–Crippen LogP) is 2.11. The van der Waals surface area contributed by atoms with E-state index in [2.05, 4.69) is 10.7 Å². The van der Waals surface area contributed by atoms with E-state index in [-0.39, 0.29) is 22.4 Å². The normalized spacial score (nSPS) is 18.3. The van der Waals surface area contributed by atoms with Gasteiger partial charge in [0.25, 0.3) is 0 Å². The van der Waals surface area contributed by atoms with Gasteiger partial charge >= 0.3 is 5.97 Å². The first kappa shape index (κ1) is 13.4. The molecule has 1 saturated heterocycles. The van der Waals surface area contributed by atoms with Gasteiger partial charge < -0.3 is 9.64 Å². The van der Waals surface area contributed by atoms with Crippen LogP contribution in [0.3, 0.4) is 0 Å². The summed E-state index contributed by atoms with van der Waals surface area (Å²) < 4.78 is 4.61. The van der Waals surface area contributed by atoms with E-state index in [4.69, 9.17) is 18.0 Å². The van der Waals surface area contributed by atoms with Gasteiger partial charge in [0.2, 0.25) is 5.91 Å². The van der Waals surface area contributed by atoms with Gasteiger partial charge in [0.05, 0.1) is 17.7 Å². The highest BCUT2D eigenvalue weighted by atomic mass is 35.5. The molecule has 1 aliphatic heterocycles. The summed E-state index contributed by atoms with van der Waals surface area (Å²) in [5.74, 6) is 1.95. The molecule has 0 saturated carbocycles. The molecule has 1 aliphatic rings. The lowest BCUT2D eigenvalue weighted by atomic mass is 10.1. The zero-order chi connectivity index (χ0) is 14.0. The maximum atomic E-state index is 11.8. The van der Waals surface area contributed by atoms with Crippen molar-refractivity contribution in [3.63, 3.8) is 0 Å². The summed E-state index contributed by atoms with van der Waals surface area (Å²) in [6.45, 7) is 0.475. The van der Waals surface area contributed by atoms with Gasteiger partial charge in [-0.05, 0) is 18.2 Å². The quantitative estimate of drug-likeness (QED) is 0.614. The van der Waals surface area contributed by atoms with Gasteiger partial charge in [0.15, 0.2) is 0 Å². The van der Waals surface area contributed by atoms with Crippen LogP contribution in [0.4, 0.5) is 5.69 Å². The first-order valence-corrected chi connectivity index (χ1v) is 6.09. The molecule has 4 nitrogen and oxygen atoms in total. The van der Waals surface area contributed by atoms with Crippen LogP contribution < -0.4 is 4.90 Å². The summed E-state index contributed by atoms with van der Waals surface area (Å²) in [5, 5.41) is 0.251. The number of nitrogens with zero attached hydrogens (tertiary/aromatic N) is 1. The van der Waals surface area contributed by atoms with Crippen LogP contribution in [0.5, 0.6) is 0 Å². The Labute approximate surface area is 116 Å². The summed E-state index contributed by atoms with van der Waals surface area (Å²) in [6.07, 6.45) is 5.67. The van der Waals surface area contributed by atoms with Gasteiger partial charge in [-0.25, -0.2) is 4.79 Å². The van der Waals surface area contributed by atoms with Crippen LogP contribution in [0.2, 0.25) is 5.02 Å². The van der Waals surface area contributed by atoms with Crippen LogP contribution in [-0.2, 0) is 9.53 Å². The van der Waals surface area contributed by atoms with Crippen LogP contribution in [0.1, 0.15) is 16.8 Å². The van der Waals surface area contributed by atoms with Gasteiger partial charge in [-0.2, -0.15) is 0 Å². The van der Waals surface area contributed by atoms with E-state index in [1.807, 2.05) is 0 Å². The van der Waals surface area contributed by atoms with Gasteiger partial charge in [-0.3, -0.25) is 4.79 Å². The maximum Gasteiger partial charge on any atom is 0.339 e. The van der Waals surface area contributed by atoms with E-state index in [0.717, 1.165) is 0 Å². The average molecular weight is 278 g/mol. The number of carbonyl (C=O) groups is 2. The molecule has 1 aromatic carbocycles. The third-order valence-corrected chi connectivity index (χ3v) is 3.34. The molecular formula is C14H12ClNO3. The van der Waals surface area contributed by atoms with Gasteiger partial charge in [-0.1, -0.05) is 11.6 Å². The summed E-state index contributed by atoms with van der Waals surface area (Å²) in [5.41, 5.74) is 0.911. The molecule has 19 heavy (non-hydrogen) atoms. The second-order valence-corrected chi connectivity index (χ2v) is 4.63. The number of ether oxygens (including phenoxy) is 1. The third-order valence-electron chi connectivity index (χ3n) is 3.03. The number of anilines is 1. The van der Waals surface area contributed by atoms with Crippen molar-refractivity contribution < 1.29 is 14.3 Å². The molecule has 98 valence electrons. The van der Waals surface area contributed by atoms with Crippen molar-refractivity contribution in [2.75, 3.05) is 18.6 Å². The van der Waals surface area contributed by atoms with Crippen molar-refractivity contribution in [1.29, 1.82) is 0 Å². The van der Waals surface area contributed by atoms with Gasteiger partial charge in [0.1, 0.15) is 0 Å². The van der Waals surface area contributed by atoms with Crippen molar-refractivity contribution in [2.45, 2.75) is 6.42 Å². The number of esters is 1. The fraction of sp³-hybridized carbons (Fsp3) is 0.286. The molecule has 2 rings (SSSR count). The topological polar surface area (TPSA) is 46.6 Å². The van der Waals surface area contributed by atoms with Crippen molar-refractivity contribution in [3.05, 3.63) is 28.8 Å². The van der Waals surface area contributed by atoms with Gasteiger partial charge in [0, 0.05) is 24.6 Å². The fourth-order valence-electron chi connectivity index (χ4n) is 2.02. The monoisotopic (exact) mass is 277 g/mol. The number of terminal acetylenes is 1. The number of halogens is 1. The van der Waals surface area contributed by atoms with E-state index in [1.54, 1.807) is 23.1 Å². The number of benzene rings is 1. The molecule has 1 aromatic rings. The number of methoxy groups -OCH3 is 1.